The van der Waals surface area contributed by atoms with Crippen LogP contribution in [0.1, 0.15) is 57.1 Å². The fraction of sp³-hybridized carbons (Fsp3) is 0.682. The van der Waals surface area contributed by atoms with Gasteiger partial charge in [-0.05, 0) is 49.7 Å². The number of rotatable bonds is 10. The zero-order chi connectivity index (χ0) is 19.5. The van der Waals surface area contributed by atoms with E-state index >= 15 is 0 Å². The Morgan fingerprint density at radius 1 is 1.26 bits per heavy atom. The summed E-state index contributed by atoms with van der Waals surface area (Å²) in [6, 6.07) is 8.97. The van der Waals surface area contributed by atoms with Crippen molar-refractivity contribution in [2.75, 3.05) is 39.5 Å². The number of ether oxygens (including phenoxy) is 1. The molecule has 1 aliphatic rings. The van der Waals surface area contributed by atoms with Crippen molar-refractivity contribution in [1.29, 1.82) is 0 Å². The van der Waals surface area contributed by atoms with Gasteiger partial charge in [-0.1, -0.05) is 38.1 Å². The standard InChI is InChI=1S/C22H37N3O2/c1-4-23-21(25-16-22(11-14-26)12-15-27-17-22)24-13-5-6-19-7-9-20(10-8-19)18(2)3/h7-10,18,26H,4-6,11-17H2,1-3H3,(H2,23,24,25). The van der Waals surface area contributed by atoms with Crippen LogP contribution in [0.2, 0.25) is 0 Å². The van der Waals surface area contributed by atoms with Crippen molar-refractivity contribution in [1.82, 2.24) is 10.6 Å². The minimum atomic E-state index is -0.00470. The molecule has 5 heteroatoms. The van der Waals surface area contributed by atoms with E-state index in [0.29, 0.717) is 19.1 Å². The zero-order valence-electron chi connectivity index (χ0n) is 17.3. The average molecular weight is 376 g/mol. The van der Waals surface area contributed by atoms with Gasteiger partial charge in [0.15, 0.2) is 5.96 Å². The lowest BCUT2D eigenvalue weighted by Crippen LogP contribution is -2.39. The molecule has 1 saturated heterocycles. The van der Waals surface area contributed by atoms with Gasteiger partial charge in [-0.15, -0.1) is 0 Å². The van der Waals surface area contributed by atoms with E-state index in [4.69, 9.17) is 9.73 Å². The molecule has 27 heavy (non-hydrogen) atoms. The van der Waals surface area contributed by atoms with E-state index in [-0.39, 0.29) is 12.0 Å². The summed E-state index contributed by atoms with van der Waals surface area (Å²) in [5.41, 5.74) is 2.77. The Morgan fingerprint density at radius 3 is 2.63 bits per heavy atom. The Hall–Kier alpha value is -1.59. The molecule has 0 bridgehead atoms. The van der Waals surface area contributed by atoms with Crippen molar-refractivity contribution < 1.29 is 9.84 Å². The highest BCUT2D eigenvalue weighted by Crippen LogP contribution is 2.32. The minimum absolute atomic E-state index is 0.00470. The third-order valence-corrected chi connectivity index (χ3v) is 5.32. The van der Waals surface area contributed by atoms with Crippen LogP contribution in [0.25, 0.3) is 0 Å². The van der Waals surface area contributed by atoms with Gasteiger partial charge in [-0.25, -0.2) is 0 Å². The van der Waals surface area contributed by atoms with Crippen LogP contribution in [0, 0.1) is 5.41 Å². The first-order valence-electron chi connectivity index (χ1n) is 10.4. The molecule has 0 spiro atoms. The van der Waals surface area contributed by atoms with Crippen molar-refractivity contribution in [2.24, 2.45) is 10.4 Å². The second-order valence-corrected chi connectivity index (χ2v) is 7.90. The highest BCUT2D eigenvalue weighted by Gasteiger charge is 2.34. The van der Waals surface area contributed by atoms with Crippen LogP contribution in [0.4, 0.5) is 0 Å². The normalized spacial score (nSPS) is 20.3. The molecule has 1 fully saturated rings. The number of hydrogen-bond acceptors (Lipinski definition) is 3. The van der Waals surface area contributed by atoms with Gasteiger partial charge >= 0.3 is 0 Å². The molecule has 0 aromatic heterocycles. The third kappa shape index (κ3) is 7.15. The van der Waals surface area contributed by atoms with Crippen molar-refractivity contribution >= 4 is 5.96 Å². The lowest BCUT2D eigenvalue weighted by molar-refractivity contribution is 0.131. The zero-order valence-corrected chi connectivity index (χ0v) is 17.3. The van der Waals surface area contributed by atoms with Gasteiger partial charge in [0.2, 0.25) is 0 Å². The Labute approximate surface area is 164 Å². The van der Waals surface area contributed by atoms with Gasteiger partial charge in [0.1, 0.15) is 0 Å². The predicted molar refractivity (Wildman–Crippen MR) is 112 cm³/mol. The van der Waals surface area contributed by atoms with Gasteiger partial charge in [-0.3, -0.25) is 4.99 Å². The maximum Gasteiger partial charge on any atom is 0.191 e. The molecule has 1 aromatic rings. The number of hydrogen-bond donors (Lipinski definition) is 3. The first-order valence-corrected chi connectivity index (χ1v) is 10.4. The summed E-state index contributed by atoms with van der Waals surface area (Å²) in [7, 11) is 0. The molecule has 1 heterocycles. The molecule has 1 unspecified atom stereocenters. The van der Waals surface area contributed by atoms with Crippen LogP contribution in [0.15, 0.2) is 29.3 Å². The molecule has 1 aliphatic heterocycles. The molecule has 0 saturated carbocycles. The molecule has 1 aromatic carbocycles. The summed E-state index contributed by atoms with van der Waals surface area (Å²) >= 11 is 0. The second-order valence-electron chi connectivity index (χ2n) is 7.90. The van der Waals surface area contributed by atoms with Crippen LogP contribution in [0.5, 0.6) is 0 Å². The molecule has 0 radical (unpaired) electrons. The molecule has 152 valence electrons. The van der Waals surface area contributed by atoms with Crippen molar-refractivity contribution in [2.45, 2.75) is 52.4 Å². The van der Waals surface area contributed by atoms with E-state index in [1.54, 1.807) is 0 Å². The molecule has 0 amide bonds. The van der Waals surface area contributed by atoms with Crippen LogP contribution in [-0.4, -0.2) is 50.5 Å². The highest BCUT2D eigenvalue weighted by molar-refractivity contribution is 5.79. The summed E-state index contributed by atoms with van der Waals surface area (Å²) in [5, 5.41) is 16.1. The predicted octanol–water partition coefficient (Wildman–Crippen LogP) is 3.09. The second kappa shape index (κ2) is 11.3. The smallest absolute Gasteiger partial charge is 0.191 e. The Bertz CT molecular complexity index is 563. The summed E-state index contributed by atoms with van der Waals surface area (Å²) in [6.07, 6.45) is 3.86. The van der Waals surface area contributed by atoms with Gasteiger partial charge in [0.05, 0.1) is 13.2 Å². The van der Waals surface area contributed by atoms with E-state index < -0.39 is 0 Å². The molecule has 3 N–H and O–H groups in total. The first-order chi connectivity index (χ1) is 13.1. The van der Waals surface area contributed by atoms with E-state index in [0.717, 1.165) is 51.3 Å². The quantitative estimate of drug-likeness (QED) is 0.334. The molecule has 0 aliphatic carbocycles. The van der Waals surface area contributed by atoms with Crippen LogP contribution in [-0.2, 0) is 11.2 Å². The maximum atomic E-state index is 9.35. The van der Waals surface area contributed by atoms with E-state index in [1.165, 1.54) is 11.1 Å². The highest BCUT2D eigenvalue weighted by atomic mass is 16.5. The topological polar surface area (TPSA) is 65.9 Å². The van der Waals surface area contributed by atoms with Gasteiger partial charge in [-0.2, -0.15) is 0 Å². The van der Waals surface area contributed by atoms with E-state index in [2.05, 4.69) is 55.7 Å². The summed E-state index contributed by atoms with van der Waals surface area (Å²) < 4.78 is 5.55. The lowest BCUT2D eigenvalue weighted by atomic mass is 9.84. The Balaban J connectivity index is 1.79. The monoisotopic (exact) mass is 375 g/mol. The van der Waals surface area contributed by atoms with Gasteiger partial charge < -0.3 is 20.5 Å². The van der Waals surface area contributed by atoms with Crippen LogP contribution in [0.3, 0.4) is 0 Å². The molecular weight excluding hydrogens is 338 g/mol. The number of guanidine groups is 1. The fourth-order valence-corrected chi connectivity index (χ4v) is 3.44. The lowest BCUT2D eigenvalue weighted by Gasteiger charge is -2.24. The number of benzene rings is 1. The third-order valence-electron chi connectivity index (χ3n) is 5.32. The average Bonchev–Trinajstić information content (AvgIpc) is 3.12. The van der Waals surface area contributed by atoms with Crippen LogP contribution >= 0.6 is 0 Å². The first kappa shape index (κ1) is 21.7. The number of aliphatic imine (C=N–C) groups is 1. The minimum Gasteiger partial charge on any atom is -0.396 e. The molecular formula is C22H37N3O2. The van der Waals surface area contributed by atoms with Crippen LogP contribution < -0.4 is 10.6 Å². The van der Waals surface area contributed by atoms with Crippen molar-refractivity contribution in [3.05, 3.63) is 35.4 Å². The van der Waals surface area contributed by atoms with Gasteiger partial charge in [0, 0.05) is 31.7 Å². The van der Waals surface area contributed by atoms with Crippen molar-refractivity contribution in [3.8, 4) is 0 Å². The SMILES string of the molecule is CCNC(=NCC1(CCO)CCOC1)NCCCc1ccc(C(C)C)cc1. The molecule has 5 nitrogen and oxygen atoms in total. The maximum absolute atomic E-state index is 9.35. The number of nitrogens with one attached hydrogen (secondary N) is 2. The Morgan fingerprint density at radius 2 is 2.04 bits per heavy atom. The van der Waals surface area contributed by atoms with Crippen molar-refractivity contribution in [3.63, 3.8) is 0 Å². The van der Waals surface area contributed by atoms with E-state index in [1.807, 2.05) is 0 Å². The van der Waals surface area contributed by atoms with Gasteiger partial charge in [0.25, 0.3) is 0 Å². The fourth-order valence-electron chi connectivity index (χ4n) is 3.44. The summed E-state index contributed by atoms with van der Waals surface area (Å²) in [6.45, 7) is 10.6. The summed E-state index contributed by atoms with van der Waals surface area (Å²) in [5.74, 6) is 1.44. The number of aryl methyl sites for hydroxylation is 1. The molecule has 2 rings (SSSR count). The largest absolute Gasteiger partial charge is 0.396 e. The summed E-state index contributed by atoms with van der Waals surface area (Å²) in [4.78, 5) is 4.77. The van der Waals surface area contributed by atoms with E-state index in [9.17, 15) is 5.11 Å². The number of aliphatic hydroxyl groups is 1. The number of nitrogens with zero attached hydrogens (tertiary/aromatic N) is 1. The Kier molecular flexibility index (Phi) is 9.08. The molecule has 1 atom stereocenters. The number of aliphatic hydroxyl groups excluding tert-OH is 1.